The Balaban J connectivity index is 2.41. The molecule has 114 valence electrons. The summed E-state index contributed by atoms with van der Waals surface area (Å²) in [7, 11) is 0. The highest BCUT2D eigenvalue weighted by atomic mass is 16.4. The zero-order valence-electron chi connectivity index (χ0n) is 12.3. The molecule has 0 aliphatic rings. The van der Waals surface area contributed by atoms with Gasteiger partial charge in [-0.1, -0.05) is 38.7 Å². The van der Waals surface area contributed by atoms with E-state index in [1.807, 2.05) is 0 Å². The van der Waals surface area contributed by atoms with Crippen LogP contribution in [0.2, 0.25) is 0 Å². The Kier molecular flexibility index (Phi) is 7.79. The van der Waals surface area contributed by atoms with Crippen LogP contribution in [0.4, 0.5) is 5.82 Å². The molecular formula is C16H22N2O3. The third-order valence-corrected chi connectivity index (χ3v) is 2.94. The number of carboxylic acids is 1. The van der Waals surface area contributed by atoms with Crippen molar-refractivity contribution < 1.29 is 14.7 Å². The zero-order chi connectivity index (χ0) is 15.5. The van der Waals surface area contributed by atoms with Crippen LogP contribution in [0.3, 0.4) is 0 Å². The van der Waals surface area contributed by atoms with E-state index in [2.05, 4.69) is 17.2 Å². The van der Waals surface area contributed by atoms with E-state index < -0.39 is 5.97 Å². The summed E-state index contributed by atoms with van der Waals surface area (Å²) in [5.41, 5.74) is 0.498. The summed E-state index contributed by atoms with van der Waals surface area (Å²) in [5, 5.41) is 11.3. The third-order valence-electron chi connectivity index (χ3n) is 2.94. The Morgan fingerprint density at radius 1 is 1.24 bits per heavy atom. The SMILES string of the molecule is CCCCCCCC(=O)Nc1cccc(C=CC(=O)O)n1. The molecule has 1 rings (SSSR count). The number of nitrogens with one attached hydrogen (secondary N) is 1. The van der Waals surface area contributed by atoms with Gasteiger partial charge in [0.2, 0.25) is 5.91 Å². The van der Waals surface area contributed by atoms with Crippen molar-refractivity contribution >= 4 is 23.8 Å². The van der Waals surface area contributed by atoms with Crippen molar-refractivity contribution in [1.29, 1.82) is 0 Å². The minimum atomic E-state index is -1.03. The van der Waals surface area contributed by atoms with Gasteiger partial charge in [0.1, 0.15) is 5.82 Å². The molecule has 1 heterocycles. The molecule has 0 aliphatic carbocycles. The summed E-state index contributed by atoms with van der Waals surface area (Å²) < 4.78 is 0. The van der Waals surface area contributed by atoms with Crippen molar-refractivity contribution in [3.05, 3.63) is 30.0 Å². The first-order chi connectivity index (χ1) is 10.1. The average molecular weight is 290 g/mol. The Bertz CT molecular complexity index is 498. The highest BCUT2D eigenvalue weighted by Gasteiger charge is 2.03. The first-order valence-corrected chi connectivity index (χ1v) is 7.29. The lowest BCUT2D eigenvalue weighted by Crippen LogP contribution is -2.12. The van der Waals surface area contributed by atoms with E-state index in [1.54, 1.807) is 18.2 Å². The van der Waals surface area contributed by atoms with E-state index in [4.69, 9.17) is 5.11 Å². The monoisotopic (exact) mass is 290 g/mol. The minimum Gasteiger partial charge on any atom is -0.478 e. The predicted octanol–water partition coefficient (Wildman–Crippen LogP) is 3.48. The second-order valence-corrected chi connectivity index (χ2v) is 4.83. The summed E-state index contributed by atoms with van der Waals surface area (Å²) in [6.07, 6.45) is 8.40. The van der Waals surface area contributed by atoms with Crippen LogP contribution in [-0.4, -0.2) is 22.0 Å². The summed E-state index contributed by atoms with van der Waals surface area (Å²) >= 11 is 0. The van der Waals surface area contributed by atoms with Crippen molar-refractivity contribution in [1.82, 2.24) is 4.98 Å². The molecule has 0 saturated carbocycles. The number of amides is 1. The number of rotatable bonds is 9. The average Bonchev–Trinajstić information content (AvgIpc) is 2.45. The fourth-order valence-corrected chi connectivity index (χ4v) is 1.87. The van der Waals surface area contributed by atoms with E-state index in [9.17, 15) is 9.59 Å². The van der Waals surface area contributed by atoms with Gasteiger partial charge in [-0.3, -0.25) is 4.79 Å². The Labute approximate surface area is 125 Å². The second-order valence-electron chi connectivity index (χ2n) is 4.83. The molecule has 0 aromatic carbocycles. The molecule has 21 heavy (non-hydrogen) atoms. The first-order valence-electron chi connectivity index (χ1n) is 7.29. The van der Waals surface area contributed by atoms with Crippen molar-refractivity contribution in [2.75, 3.05) is 5.32 Å². The third kappa shape index (κ3) is 7.87. The van der Waals surface area contributed by atoms with Crippen LogP contribution < -0.4 is 5.32 Å². The second kappa shape index (κ2) is 9.69. The number of hydrogen-bond acceptors (Lipinski definition) is 3. The number of nitrogens with zero attached hydrogens (tertiary/aromatic N) is 1. The maximum absolute atomic E-state index is 11.8. The van der Waals surface area contributed by atoms with E-state index >= 15 is 0 Å². The number of carbonyl (C=O) groups is 2. The molecule has 1 amide bonds. The molecule has 5 nitrogen and oxygen atoms in total. The zero-order valence-corrected chi connectivity index (χ0v) is 12.3. The van der Waals surface area contributed by atoms with Crippen molar-refractivity contribution in [2.24, 2.45) is 0 Å². The molecule has 1 aromatic rings. The summed E-state index contributed by atoms with van der Waals surface area (Å²) in [6, 6.07) is 5.10. The van der Waals surface area contributed by atoms with Gasteiger partial charge >= 0.3 is 5.97 Å². The summed E-state index contributed by atoms with van der Waals surface area (Å²) in [6.45, 7) is 2.16. The topological polar surface area (TPSA) is 79.3 Å². The quantitative estimate of drug-likeness (QED) is 0.539. The molecule has 5 heteroatoms. The van der Waals surface area contributed by atoms with Crippen molar-refractivity contribution in [3.63, 3.8) is 0 Å². The van der Waals surface area contributed by atoms with Gasteiger partial charge in [0.25, 0.3) is 0 Å². The molecule has 0 bridgehead atoms. The van der Waals surface area contributed by atoms with Gasteiger partial charge in [-0.25, -0.2) is 9.78 Å². The van der Waals surface area contributed by atoms with Crippen LogP contribution in [0, 0.1) is 0 Å². The van der Waals surface area contributed by atoms with Gasteiger partial charge in [-0.2, -0.15) is 0 Å². The lowest BCUT2D eigenvalue weighted by Gasteiger charge is -2.05. The fraction of sp³-hybridized carbons (Fsp3) is 0.438. The minimum absolute atomic E-state index is 0.0571. The maximum Gasteiger partial charge on any atom is 0.328 e. The van der Waals surface area contributed by atoms with Gasteiger partial charge in [0, 0.05) is 12.5 Å². The molecule has 0 spiro atoms. The molecule has 0 saturated heterocycles. The number of hydrogen-bond donors (Lipinski definition) is 2. The van der Waals surface area contributed by atoms with E-state index in [1.165, 1.54) is 18.9 Å². The number of carbonyl (C=O) groups excluding carboxylic acids is 1. The van der Waals surface area contributed by atoms with Crippen LogP contribution >= 0.6 is 0 Å². The lowest BCUT2D eigenvalue weighted by atomic mass is 10.1. The van der Waals surface area contributed by atoms with Crippen molar-refractivity contribution in [3.8, 4) is 0 Å². The number of pyridine rings is 1. The first kappa shape index (κ1) is 16.9. The summed E-state index contributed by atoms with van der Waals surface area (Å²) in [5.74, 6) is -0.641. The van der Waals surface area contributed by atoms with E-state index in [0.29, 0.717) is 17.9 Å². The van der Waals surface area contributed by atoms with Crippen molar-refractivity contribution in [2.45, 2.75) is 45.4 Å². The number of aliphatic carboxylic acids is 1. The molecule has 0 fully saturated rings. The van der Waals surface area contributed by atoms with Gasteiger partial charge in [-0.15, -0.1) is 0 Å². The van der Waals surface area contributed by atoms with Gasteiger partial charge in [0.15, 0.2) is 0 Å². The molecule has 0 aliphatic heterocycles. The predicted molar refractivity (Wildman–Crippen MR) is 82.9 cm³/mol. The smallest absolute Gasteiger partial charge is 0.328 e. The van der Waals surface area contributed by atoms with Crippen LogP contribution in [0.25, 0.3) is 6.08 Å². The number of carboxylic acid groups (broad SMARTS) is 1. The number of unbranched alkanes of at least 4 members (excludes halogenated alkanes) is 4. The van der Waals surface area contributed by atoms with Crippen LogP contribution in [0.15, 0.2) is 24.3 Å². The van der Waals surface area contributed by atoms with Crippen LogP contribution in [-0.2, 0) is 9.59 Å². The highest BCUT2D eigenvalue weighted by molar-refractivity contribution is 5.90. The van der Waals surface area contributed by atoms with Gasteiger partial charge in [0.05, 0.1) is 5.69 Å². The molecule has 0 unspecified atom stereocenters. The molecule has 2 N–H and O–H groups in total. The molecule has 1 aromatic heterocycles. The summed E-state index contributed by atoms with van der Waals surface area (Å²) in [4.78, 5) is 26.4. The fourth-order valence-electron chi connectivity index (χ4n) is 1.87. The largest absolute Gasteiger partial charge is 0.478 e. The normalized spacial score (nSPS) is 10.7. The standard InChI is InChI=1S/C16H22N2O3/c1-2-3-4-5-6-10-15(19)18-14-9-7-8-13(17-14)11-12-16(20)21/h7-9,11-12H,2-6,10H2,1H3,(H,20,21)(H,17,18,19). The highest BCUT2D eigenvalue weighted by Crippen LogP contribution is 2.09. The Hall–Kier alpha value is -2.17. The van der Waals surface area contributed by atoms with E-state index in [0.717, 1.165) is 25.3 Å². The Morgan fingerprint density at radius 2 is 2.00 bits per heavy atom. The molecular weight excluding hydrogens is 268 g/mol. The number of aromatic nitrogens is 1. The van der Waals surface area contributed by atoms with Crippen LogP contribution in [0.1, 0.15) is 51.1 Å². The lowest BCUT2D eigenvalue weighted by molar-refractivity contribution is -0.131. The molecule has 0 radical (unpaired) electrons. The van der Waals surface area contributed by atoms with Crippen LogP contribution in [0.5, 0.6) is 0 Å². The van der Waals surface area contributed by atoms with E-state index in [-0.39, 0.29) is 5.91 Å². The maximum atomic E-state index is 11.8. The van der Waals surface area contributed by atoms with Gasteiger partial charge in [-0.05, 0) is 24.6 Å². The number of anilines is 1. The Morgan fingerprint density at radius 3 is 2.71 bits per heavy atom. The van der Waals surface area contributed by atoms with Gasteiger partial charge < -0.3 is 10.4 Å². The molecule has 0 atom stereocenters.